The van der Waals surface area contributed by atoms with Crippen LogP contribution >= 0.6 is 0 Å². The molecule has 1 heterocycles. The lowest BCUT2D eigenvalue weighted by atomic mass is 9.97. The summed E-state index contributed by atoms with van der Waals surface area (Å²) >= 11 is 0. The Labute approximate surface area is 167 Å². The van der Waals surface area contributed by atoms with E-state index in [1.54, 1.807) is 26.8 Å². The summed E-state index contributed by atoms with van der Waals surface area (Å²) in [6.45, 7) is 8.21. The molecule has 28 heavy (non-hydrogen) atoms. The van der Waals surface area contributed by atoms with Gasteiger partial charge in [-0.2, -0.15) is 0 Å². The second-order valence-corrected chi connectivity index (χ2v) is 7.67. The average molecular weight is 395 g/mol. The molecule has 0 fully saturated rings. The van der Waals surface area contributed by atoms with E-state index in [1.807, 2.05) is 31.2 Å². The standard InChI is InChI=1S/C22H34O6/c1-14(20(25)15(2)12-16(3)23)10-8-6-7-9-11-18(24)13-19-17(4)21(26)22(5,27)28-19/h6-8,10,12,14,16,18,20,23-25,27H,9,11,13H2,1-5H3/b7-6+,10-8+,15-12+. The van der Waals surface area contributed by atoms with Crippen LogP contribution in [0.25, 0.3) is 0 Å². The van der Waals surface area contributed by atoms with Gasteiger partial charge in [0.1, 0.15) is 5.76 Å². The third-order valence-corrected chi connectivity index (χ3v) is 4.72. The number of hydrogen-bond donors (Lipinski definition) is 4. The predicted molar refractivity (Wildman–Crippen MR) is 108 cm³/mol. The first-order valence-corrected chi connectivity index (χ1v) is 9.67. The summed E-state index contributed by atoms with van der Waals surface area (Å²) in [5.74, 6) is -2.04. The highest BCUT2D eigenvalue weighted by Gasteiger charge is 2.42. The van der Waals surface area contributed by atoms with E-state index < -0.39 is 29.9 Å². The second-order valence-electron chi connectivity index (χ2n) is 7.67. The van der Waals surface area contributed by atoms with Crippen LogP contribution in [0.2, 0.25) is 0 Å². The van der Waals surface area contributed by atoms with E-state index in [4.69, 9.17) is 4.74 Å². The van der Waals surface area contributed by atoms with Gasteiger partial charge in [-0.25, -0.2) is 0 Å². The van der Waals surface area contributed by atoms with Crippen molar-refractivity contribution in [3.05, 3.63) is 47.3 Å². The van der Waals surface area contributed by atoms with Gasteiger partial charge >= 0.3 is 0 Å². The highest BCUT2D eigenvalue weighted by molar-refractivity contribution is 6.02. The first-order valence-electron chi connectivity index (χ1n) is 9.67. The van der Waals surface area contributed by atoms with Gasteiger partial charge < -0.3 is 25.2 Å². The maximum absolute atomic E-state index is 11.8. The summed E-state index contributed by atoms with van der Waals surface area (Å²) in [5.41, 5.74) is 1.09. The number of ether oxygens (including phenoxy) is 1. The van der Waals surface area contributed by atoms with E-state index in [0.29, 0.717) is 24.2 Å². The molecule has 1 aliphatic heterocycles. The molecule has 0 saturated carbocycles. The van der Waals surface area contributed by atoms with Crippen molar-refractivity contribution in [3.8, 4) is 0 Å². The van der Waals surface area contributed by atoms with Crippen molar-refractivity contribution in [1.82, 2.24) is 0 Å². The summed E-state index contributed by atoms with van der Waals surface area (Å²) in [6.07, 6.45) is 8.54. The zero-order valence-electron chi connectivity index (χ0n) is 17.4. The number of aliphatic hydroxyl groups is 4. The molecular formula is C22H34O6. The van der Waals surface area contributed by atoms with Crippen molar-refractivity contribution in [2.24, 2.45) is 5.92 Å². The third kappa shape index (κ3) is 7.36. The topological polar surface area (TPSA) is 107 Å². The molecule has 158 valence electrons. The number of ketones is 1. The fourth-order valence-electron chi connectivity index (χ4n) is 3.05. The van der Waals surface area contributed by atoms with E-state index in [9.17, 15) is 25.2 Å². The Bertz CT molecular complexity index is 654. The summed E-state index contributed by atoms with van der Waals surface area (Å²) in [4.78, 5) is 11.8. The van der Waals surface area contributed by atoms with Crippen LogP contribution in [0.3, 0.4) is 0 Å². The fourth-order valence-corrected chi connectivity index (χ4v) is 3.05. The molecule has 1 rings (SSSR count). The van der Waals surface area contributed by atoms with Crippen LogP contribution in [-0.2, 0) is 9.53 Å². The Morgan fingerprint density at radius 3 is 2.39 bits per heavy atom. The molecule has 5 unspecified atom stereocenters. The maximum Gasteiger partial charge on any atom is 0.269 e. The molecule has 6 nitrogen and oxygen atoms in total. The summed E-state index contributed by atoms with van der Waals surface area (Å²) in [5, 5.41) is 39.4. The Kier molecular flexibility index (Phi) is 9.30. The van der Waals surface area contributed by atoms with Crippen LogP contribution in [0.15, 0.2) is 47.3 Å². The molecule has 0 aromatic carbocycles. The van der Waals surface area contributed by atoms with Gasteiger partial charge in [-0.05, 0) is 39.2 Å². The SMILES string of the molecule is CC1=C(CC(O)CC/C=C/C=C/C(C)C(O)/C(C)=C/C(C)O)OC(C)(O)C1=O. The lowest BCUT2D eigenvalue weighted by molar-refractivity contribution is -0.171. The first kappa shape index (κ1) is 24.3. The third-order valence-electron chi connectivity index (χ3n) is 4.72. The molecule has 0 amide bonds. The molecule has 0 aliphatic carbocycles. The van der Waals surface area contributed by atoms with Crippen molar-refractivity contribution in [3.63, 3.8) is 0 Å². The van der Waals surface area contributed by atoms with Crippen LogP contribution < -0.4 is 0 Å². The Morgan fingerprint density at radius 1 is 1.21 bits per heavy atom. The van der Waals surface area contributed by atoms with Gasteiger partial charge in [-0.3, -0.25) is 4.79 Å². The minimum absolute atomic E-state index is 0.0926. The number of Topliss-reactive ketones (excluding diaryl/α,β-unsaturated/α-hetero) is 1. The van der Waals surface area contributed by atoms with Gasteiger partial charge in [0.15, 0.2) is 0 Å². The van der Waals surface area contributed by atoms with Crippen LogP contribution in [0.1, 0.15) is 53.9 Å². The van der Waals surface area contributed by atoms with Crippen molar-refractivity contribution in [2.75, 3.05) is 0 Å². The molecule has 0 aromatic heterocycles. The van der Waals surface area contributed by atoms with Gasteiger partial charge in [0.2, 0.25) is 5.78 Å². The highest BCUT2D eigenvalue weighted by Crippen LogP contribution is 2.31. The smallest absolute Gasteiger partial charge is 0.269 e. The molecule has 0 aromatic rings. The summed E-state index contributed by atoms with van der Waals surface area (Å²) in [6, 6.07) is 0. The molecule has 4 N–H and O–H groups in total. The van der Waals surface area contributed by atoms with Gasteiger partial charge in [-0.1, -0.05) is 37.3 Å². The minimum atomic E-state index is -1.83. The number of carbonyl (C=O) groups excluding carboxylic acids is 1. The number of rotatable bonds is 10. The van der Waals surface area contributed by atoms with E-state index >= 15 is 0 Å². The van der Waals surface area contributed by atoms with Crippen LogP contribution in [0.5, 0.6) is 0 Å². The van der Waals surface area contributed by atoms with Crippen molar-refractivity contribution < 1.29 is 30.0 Å². The van der Waals surface area contributed by atoms with Crippen LogP contribution in [0, 0.1) is 5.92 Å². The molecule has 1 aliphatic rings. The largest absolute Gasteiger partial charge is 0.459 e. The van der Waals surface area contributed by atoms with Gasteiger partial charge in [-0.15, -0.1) is 0 Å². The van der Waals surface area contributed by atoms with Crippen LogP contribution in [0.4, 0.5) is 0 Å². The number of hydrogen-bond acceptors (Lipinski definition) is 6. The highest BCUT2D eigenvalue weighted by atomic mass is 16.6. The summed E-state index contributed by atoms with van der Waals surface area (Å²) in [7, 11) is 0. The lowest BCUT2D eigenvalue weighted by Crippen LogP contribution is -2.32. The zero-order chi connectivity index (χ0) is 21.5. The molecule has 5 atom stereocenters. The molecular weight excluding hydrogens is 360 g/mol. The Hall–Kier alpha value is -1.73. The number of allylic oxidation sites excluding steroid dienone is 3. The van der Waals surface area contributed by atoms with Gasteiger partial charge in [0.05, 0.1) is 18.3 Å². The predicted octanol–water partition coefficient (Wildman–Crippen LogP) is 2.54. The maximum atomic E-state index is 11.8. The normalized spacial score (nSPS) is 25.5. The Morgan fingerprint density at radius 2 is 1.86 bits per heavy atom. The summed E-state index contributed by atoms with van der Waals surface area (Å²) < 4.78 is 5.23. The number of carbonyl (C=O) groups is 1. The first-order chi connectivity index (χ1) is 13.0. The van der Waals surface area contributed by atoms with E-state index in [1.165, 1.54) is 6.92 Å². The molecule has 0 saturated heterocycles. The molecule has 0 radical (unpaired) electrons. The molecule has 0 bridgehead atoms. The van der Waals surface area contributed by atoms with Crippen molar-refractivity contribution in [1.29, 1.82) is 0 Å². The molecule has 0 spiro atoms. The zero-order valence-corrected chi connectivity index (χ0v) is 17.4. The van der Waals surface area contributed by atoms with Gasteiger partial charge in [0, 0.05) is 24.8 Å². The lowest BCUT2D eigenvalue weighted by Gasteiger charge is -2.17. The quantitative estimate of drug-likeness (QED) is 0.335. The average Bonchev–Trinajstić information content (AvgIpc) is 2.79. The number of aliphatic hydroxyl groups excluding tert-OH is 3. The van der Waals surface area contributed by atoms with Crippen molar-refractivity contribution >= 4 is 5.78 Å². The van der Waals surface area contributed by atoms with E-state index in [0.717, 1.165) is 5.57 Å². The van der Waals surface area contributed by atoms with Crippen molar-refractivity contribution in [2.45, 2.75) is 78.0 Å². The van der Waals surface area contributed by atoms with Crippen LogP contribution in [-0.4, -0.2) is 50.3 Å². The minimum Gasteiger partial charge on any atom is -0.459 e. The second kappa shape index (κ2) is 10.7. The Balaban J connectivity index is 2.40. The molecule has 6 heteroatoms. The van der Waals surface area contributed by atoms with Gasteiger partial charge in [0.25, 0.3) is 5.79 Å². The monoisotopic (exact) mass is 394 g/mol. The van der Waals surface area contributed by atoms with E-state index in [-0.39, 0.29) is 12.3 Å². The fraction of sp³-hybridized carbons (Fsp3) is 0.591. The van der Waals surface area contributed by atoms with E-state index in [2.05, 4.69) is 0 Å².